The van der Waals surface area contributed by atoms with E-state index < -0.39 is 5.54 Å². The highest BCUT2D eigenvalue weighted by molar-refractivity contribution is 6.06. The van der Waals surface area contributed by atoms with Crippen molar-refractivity contribution in [2.75, 3.05) is 33.3 Å². The van der Waals surface area contributed by atoms with Gasteiger partial charge in [0.05, 0.1) is 6.61 Å². The number of likely N-dealkylation sites (tertiary alicyclic amines) is 1. The van der Waals surface area contributed by atoms with E-state index in [2.05, 4.69) is 4.90 Å². The van der Waals surface area contributed by atoms with Crippen LogP contribution >= 0.6 is 0 Å². The first kappa shape index (κ1) is 14.3. The van der Waals surface area contributed by atoms with Gasteiger partial charge in [0, 0.05) is 32.7 Å². The van der Waals surface area contributed by atoms with Gasteiger partial charge in [-0.05, 0) is 26.7 Å². The second-order valence-corrected chi connectivity index (χ2v) is 5.49. The van der Waals surface area contributed by atoms with E-state index in [0.717, 1.165) is 13.1 Å². The molecule has 0 bridgehead atoms. The van der Waals surface area contributed by atoms with Crippen molar-refractivity contribution in [1.29, 1.82) is 0 Å². The molecule has 1 N–H and O–H groups in total. The lowest BCUT2D eigenvalue weighted by atomic mass is 9.85. The molecule has 1 atom stereocenters. The van der Waals surface area contributed by atoms with Gasteiger partial charge >= 0.3 is 6.03 Å². The molecule has 0 aliphatic carbocycles. The summed E-state index contributed by atoms with van der Waals surface area (Å²) in [5, 5.41) is 9.20. The van der Waals surface area contributed by atoms with Crippen LogP contribution in [0.3, 0.4) is 0 Å². The molecule has 2 rings (SSSR count). The Morgan fingerprint density at radius 2 is 1.89 bits per heavy atom. The summed E-state index contributed by atoms with van der Waals surface area (Å²) in [6.07, 6.45) is 1.31. The van der Waals surface area contributed by atoms with Crippen LogP contribution in [0, 0.1) is 0 Å². The Balaban J connectivity index is 2.16. The average Bonchev–Trinajstić information content (AvgIpc) is 2.61. The topological polar surface area (TPSA) is 64.1 Å². The van der Waals surface area contributed by atoms with Crippen LogP contribution in [0.25, 0.3) is 0 Å². The van der Waals surface area contributed by atoms with Gasteiger partial charge in [-0.15, -0.1) is 0 Å². The third kappa shape index (κ3) is 2.03. The Morgan fingerprint density at radius 1 is 1.32 bits per heavy atom. The Hall–Kier alpha value is -1.14. The highest BCUT2D eigenvalue weighted by Crippen LogP contribution is 2.36. The average molecular weight is 269 g/mol. The molecule has 2 aliphatic heterocycles. The number of carbonyl (C=O) groups is 2. The van der Waals surface area contributed by atoms with E-state index in [9.17, 15) is 14.7 Å². The zero-order valence-corrected chi connectivity index (χ0v) is 11.9. The van der Waals surface area contributed by atoms with Gasteiger partial charge in [-0.25, -0.2) is 4.79 Å². The summed E-state index contributed by atoms with van der Waals surface area (Å²) in [7, 11) is 1.56. The Labute approximate surface area is 114 Å². The number of piperidine rings is 1. The zero-order chi connectivity index (χ0) is 14.2. The summed E-state index contributed by atoms with van der Waals surface area (Å²) in [6, 6.07) is -0.0754. The van der Waals surface area contributed by atoms with Gasteiger partial charge in [-0.1, -0.05) is 0 Å². The Morgan fingerprint density at radius 3 is 2.37 bits per heavy atom. The molecule has 0 radical (unpaired) electrons. The molecule has 2 fully saturated rings. The molecule has 6 heteroatoms. The lowest BCUT2D eigenvalue weighted by molar-refractivity contribution is -0.135. The quantitative estimate of drug-likeness (QED) is 0.739. The fraction of sp³-hybridized carbons (Fsp3) is 0.846. The molecule has 108 valence electrons. The zero-order valence-electron chi connectivity index (χ0n) is 11.9. The highest BCUT2D eigenvalue weighted by atomic mass is 16.3. The van der Waals surface area contributed by atoms with Crippen LogP contribution in [0.1, 0.15) is 26.7 Å². The summed E-state index contributed by atoms with van der Waals surface area (Å²) >= 11 is 0. The normalized spacial score (nSPS) is 25.5. The van der Waals surface area contributed by atoms with E-state index in [1.807, 2.05) is 13.8 Å². The first-order chi connectivity index (χ1) is 8.97. The van der Waals surface area contributed by atoms with Crippen molar-refractivity contribution in [1.82, 2.24) is 14.7 Å². The molecule has 2 heterocycles. The molecule has 6 nitrogen and oxygen atoms in total. The number of amides is 3. The number of imide groups is 1. The molecule has 19 heavy (non-hydrogen) atoms. The molecule has 0 unspecified atom stereocenters. The third-order valence-corrected chi connectivity index (χ3v) is 4.57. The van der Waals surface area contributed by atoms with Crippen LogP contribution in [0.15, 0.2) is 0 Å². The molecular formula is C13H23N3O3. The number of aliphatic hydroxyl groups is 1. The van der Waals surface area contributed by atoms with E-state index in [0.29, 0.717) is 19.4 Å². The number of nitrogens with zero attached hydrogens (tertiary/aromatic N) is 3. The maximum absolute atomic E-state index is 12.4. The van der Waals surface area contributed by atoms with Crippen molar-refractivity contribution in [3.63, 3.8) is 0 Å². The van der Waals surface area contributed by atoms with E-state index in [1.54, 1.807) is 11.9 Å². The number of likely N-dealkylation sites (N-methyl/N-ethyl adjacent to an activating group) is 2. The van der Waals surface area contributed by atoms with Gasteiger partial charge in [0.1, 0.15) is 5.54 Å². The highest BCUT2D eigenvalue weighted by Gasteiger charge is 2.56. The third-order valence-electron chi connectivity index (χ3n) is 4.57. The molecule has 0 aromatic rings. The van der Waals surface area contributed by atoms with Crippen LogP contribution in [0.4, 0.5) is 4.79 Å². The largest absolute Gasteiger partial charge is 0.395 e. The van der Waals surface area contributed by atoms with Crippen LogP contribution in [-0.4, -0.2) is 76.6 Å². The standard InChI is InChI=1S/C13H23N3O3/c1-4-16-12(19)14(3)11(18)13(16)5-7-15(8-6-13)10(2)9-17/h10,17H,4-9H2,1-3H3/t10-/m1/s1. The number of carbonyl (C=O) groups excluding carboxylic acids is 2. The molecule has 0 aromatic carbocycles. The minimum atomic E-state index is -0.647. The van der Waals surface area contributed by atoms with Gasteiger partial charge in [0.25, 0.3) is 5.91 Å². The van der Waals surface area contributed by atoms with Crippen LogP contribution in [-0.2, 0) is 4.79 Å². The number of rotatable bonds is 3. The van der Waals surface area contributed by atoms with Crippen LogP contribution < -0.4 is 0 Å². The summed E-state index contributed by atoms with van der Waals surface area (Å²) in [5.41, 5.74) is -0.647. The summed E-state index contributed by atoms with van der Waals surface area (Å²) in [5.74, 6) is -0.0735. The minimum Gasteiger partial charge on any atom is -0.395 e. The Kier molecular flexibility index (Phi) is 3.82. The summed E-state index contributed by atoms with van der Waals surface area (Å²) < 4.78 is 0. The maximum atomic E-state index is 12.4. The molecular weight excluding hydrogens is 246 g/mol. The van der Waals surface area contributed by atoms with Gasteiger partial charge < -0.3 is 10.0 Å². The van der Waals surface area contributed by atoms with Crippen molar-refractivity contribution >= 4 is 11.9 Å². The monoisotopic (exact) mass is 269 g/mol. The van der Waals surface area contributed by atoms with Crippen molar-refractivity contribution in [2.45, 2.75) is 38.3 Å². The number of hydrogen-bond donors (Lipinski definition) is 1. The van der Waals surface area contributed by atoms with Crippen LogP contribution in [0.2, 0.25) is 0 Å². The van der Waals surface area contributed by atoms with Gasteiger partial charge in [-0.2, -0.15) is 0 Å². The molecule has 2 aliphatic rings. The van der Waals surface area contributed by atoms with Crippen molar-refractivity contribution in [3.8, 4) is 0 Å². The van der Waals surface area contributed by atoms with Gasteiger partial charge in [0.15, 0.2) is 0 Å². The summed E-state index contributed by atoms with van der Waals surface area (Å²) in [6.45, 7) is 6.05. The first-order valence-electron chi connectivity index (χ1n) is 6.92. The SMILES string of the molecule is CCN1C(=O)N(C)C(=O)C12CCN([C@H](C)CO)CC2. The van der Waals surface area contributed by atoms with Crippen molar-refractivity contribution in [2.24, 2.45) is 0 Å². The fourth-order valence-electron chi connectivity index (χ4n) is 3.25. The maximum Gasteiger partial charge on any atom is 0.327 e. The summed E-state index contributed by atoms with van der Waals surface area (Å²) in [4.78, 5) is 29.6. The predicted octanol–water partition coefficient (Wildman–Crippen LogP) is 0.116. The van der Waals surface area contributed by atoms with E-state index in [1.165, 1.54) is 4.90 Å². The van der Waals surface area contributed by atoms with E-state index >= 15 is 0 Å². The number of aliphatic hydroxyl groups excluding tert-OH is 1. The van der Waals surface area contributed by atoms with Crippen molar-refractivity contribution < 1.29 is 14.7 Å². The van der Waals surface area contributed by atoms with Gasteiger partial charge in [-0.3, -0.25) is 14.6 Å². The van der Waals surface area contributed by atoms with Gasteiger partial charge in [0.2, 0.25) is 0 Å². The number of hydrogen-bond acceptors (Lipinski definition) is 4. The smallest absolute Gasteiger partial charge is 0.327 e. The molecule has 0 aromatic heterocycles. The van der Waals surface area contributed by atoms with E-state index in [4.69, 9.17) is 0 Å². The molecule has 3 amide bonds. The molecule has 2 saturated heterocycles. The number of urea groups is 1. The lowest BCUT2D eigenvalue weighted by Crippen LogP contribution is -2.57. The second-order valence-electron chi connectivity index (χ2n) is 5.49. The van der Waals surface area contributed by atoms with Crippen molar-refractivity contribution in [3.05, 3.63) is 0 Å². The first-order valence-corrected chi connectivity index (χ1v) is 6.92. The van der Waals surface area contributed by atoms with Crippen LogP contribution in [0.5, 0.6) is 0 Å². The molecule has 0 saturated carbocycles. The van der Waals surface area contributed by atoms with E-state index in [-0.39, 0.29) is 24.6 Å². The fourth-order valence-corrected chi connectivity index (χ4v) is 3.25. The molecule has 1 spiro atoms. The lowest BCUT2D eigenvalue weighted by Gasteiger charge is -2.43. The Bertz CT molecular complexity index is 377. The second kappa shape index (κ2) is 5.09. The minimum absolute atomic E-state index is 0.0735. The predicted molar refractivity (Wildman–Crippen MR) is 70.6 cm³/mol.